The van der Waals surface area contributed by atoms with Gasteiger partial charge in [0.2, 0.25) is 5.78 Å². The average Bonchev–Trinajstić information content (AvgIpc) is 3.04. The number of hydrogen-bond acceptors (Lipinski definition) is 5. The molecule has 0 spiro atoms. The minimum absolute atomic E-state index is 0.00176. The Kier molecular flexibility index (Phi) is 7.94. The maximum Gasteiger partial charge on any atom is 0.336 e. The van der Waals surface area contributed by atoms with Crippen molar-refractivity contribution in [1.29, 1.82) is 0 Å². The molecule has 5 aliphatic carbocycles. The van der Waals surface area contributed by atoms with E-state index in [-0.39, 0.29) is 51.3 Å². The van der Waals surface area contributed by atoms with Crippen LogP contribution >= 0.6 is 0 Å². The molecule has 47 heavy (non-hydrogen) atoms. The second kappa shape index (κ2) is 11.3. The number of esters is 2. The van der Waals surface area contributed by atoms with Crippen molar-refractivity contribution in [2.45, 2.75) is 86.5 Å². The topological polar surface area (TPSA) is 69.7 Å². The summed E-state index contributed by atoms with van der Waals surface area (Å²) in [5.74, 6) is 1.04. The van der Waals surface area contributed by atoms with Crippen LogP contribution in [0.2, 0.25) is 0 Å². The predicted octanol–water partition coefficient (Wildman–Crippen LogP) is 8.63. The van der Waals surface area contributed by atoms with Crippen LogP contribution in [0.1, 0.15) is 92.1 Å². The van der Waals surface area contributed by atoms with Gasteiger partial charge in [-0.2, -0.15) is 0 Å². The van der Waals surface area contributed by atoms with Crippen LogP contribution in [0.15, 0.2) is 76.6 Å². The van der Waals surface area contributed by atoms with Crippen LogP contribution in [-0.4, -0.2) is 24.3 Å². The molecule has 6 atom stereocenters. The zero-order valence-corrected chi connectivity index (χ0v) is 28.4. The fraction of sp³-hybridized carbons (Fsp3) is 0.488. The van der Waals surface area contributed by atoms with Crippen molar-refractivity contribution in [1.82, 2.24) is 0 Å². The molecule has 1 aromatic rings. The number of terminal acetylenes is 1. The van der Waals surface area contributed by atoms with Crippen molar-refractivity contribution in [3.63, 3.8) is 0 Å². The molecule has 0 radical (unpaired) electrons. The molecule has 0 amide bonds. The lowest BCUT2D eigenvalue weighted by atomic mass is 9.34. The summed E-state index contributed by atoms with van der Waals surface area (Å²) in [5, 5.41) is 0. The van der Waals surface area contributed by atoms with Gasteiger partial charge in [0.1, 0.15) is 5.82 Å². The Morgan fingerprint density at radius 3 is 2.47 bits per heavy atom. The minimum atomic E-state index is -0.736. The molecule has 0 bridgehead atoms. The number of carbonyl (C=O) groups is 3. The van der Waals surface area contributed by atoms with E-state index in [9.17, 15) is 18.8 Å². The van der Waals surface area contributed by atoms with Crippen LogP contribution < -0.4 is 0 Å². The smallest absolute Gasteiger partial charge is 0.336 e. The normalized spacial score (nSPS) is 36.1. The van der Waals surface area contributed by atoms with Crippen molar-refractivity contribution < 1.29 is 28.2 Å². The summed E-state index contributed by atoms with van der Waals surface area (Å²) in [4.78, 5) is 39.6. The molecule has 0 aromatic heterocycles. The number of halogens is 1. The monoisotopic (exact) mass is 636 g/mol. The maximum atomic E-state index is 14.0. The summed E-state index contributed by atoms with van der Waals surface area (Å²) in [6, 6.07) is 6.14. The van der Waals surface area contributed by atoms with E-state index in [1.54, 1.807) is 24.3 Å². The van der Waals surface area contributed by atoms with Gasteiger partial charge in [-0.3, -0.25) is 9.59 Å². The number of ether oxygens (including phenoxy) is 2. The molecular formula is C41H45FO5. The molecule has 5 nitrogen and oxygen atoms in total. The lowest BCUT2D eigenvalue weighted by Crippen LogP contribution is -2.62. The van der Waals surface area contributed by atoms with Crippen LogP contribution in [-0.2, 0) is 23.9 Å². The first-order chi connectivity index (χ1) is 22.1. The number of benzene rings is 1. The highest BCUT2D eigenvalue weighted by atomic mass is 19.1. The van der Waals surface area contributed by atoms with E-state index in [2.05, 4.69) is 52.7 Å². The molecule has 0 saturated heterocycles. The van der Waals surface area contributed by atoms with E-state index in [1.165, 1.54) is 17.7 Å². The summed E-state index contributed by atoms with van der Waals surface area (Å²) in [7, 11) is 0. The Balaban J connectivity index is 1.32. The number of allylic oxidation sites excluding steroid dienone is 7. The number of carbonyl (C=O) groups excluding carboxylic acids is 3. The quantitative estimate of drug-likeness (QED) is 0.184. The van der Waals surface area contributed by atoms with Crippen LogP contribution in [0.25, 0.3) is 6.08 Å². The molecule has 246 valence electrons. The van der Waals surface area contributed by atoms with E-state index in [0.717, 1.165) is 62.2 Å². The summed E-state index contributed by atoms with van der Waals surface area (Å²) in [5.41, 5.74) is 3.07. The summed E-state index contributed by atoms with van der Waals surface area (Å²) in [6.45, 7) is 13.4. The highest BCUT2D eigenvalue weighted by Gasteiger charge is 2.67. The fourth-order valence-corrected chi connectivity index (χ4v) is 9.95. The Hall–Kier alpha value is -3.98. The van der Waals surface area contributed by atoms with Gasteiger partial charge in [-0.1, -0.05) is 69.5 Å². The van der Waals surface area contributed by atoms with Gasteiger partial charge in [-0.05, 0) is 110 Å². The third-order valence-electron chi connectivity index (χ3n) is 13.1. The van der Waals surface area contributed by atoms with Gasteiger partial charge in [0.25, 0.3) is 0 Å². The van der Waals surface area contributed by atoms with Gasteiger partial charge >= 0.3 is 11.9 Å². The minimum Gasteiger partial charge on any atom is -0.452 e. The van der Waals surface area contributed by atoms with Crippen molar-refractivity contribution in [3.8, 4) is 12.3 Å². The number of ketones is 1. The third-order valence-corrected chi connectivity index (χ3v) is 13.1. The molecule has 3 fully saturated rings. The predicted molar refractivity (Wildman–Crippen MR) is 180 cm³/mol. The summed E-state index contributed by atoms with van der Waals surface area (Å²) >= 11 is 0. The molecule has 6 rings (SSSR count). The third kappa shape index (κ3) is 5.00. The first kappa shape index (κ1) is 32.9. The Labute approximate surface area is 278 Å². The Morgan fingerprint density at radius 1 is 1.02 bits per heavy atom. The van der Waals surface area contributed by atoms with Gasteiger partial charge in [0.05, 0.1) is 5.41 Å². The van der Waals surface area contributed by atoms with Gasteiger partial charge in [-0.25, -0.2) is 9.18 Å². The molecule has 0 aliphatic heterocycles. The van der Waals surface area contributed by atoms with Gasteiger partial charge < -0.3 is 9.47 Å². The van der Waals surface area contributed by atoms with Gasteiger partial charge in [-0.15, -0.1) is 6.42 Å². The van der Waals surface area contributed by atoms with Gasteiger partial charge in [0.15, 0.2) is 12.4 Å². The van der Waals surface area contributed by atoms with Crippen molar-refractivity contribution in [2.24, 2.45) is 33.0 Å². The molecule has 3 saturated carbocycles. The van der Waals surface area contributed by atoms with E-state index in [0.29, 0.717) is 11.5 Å². The van der Waals surface area contributed by atoms with E-state index >= 15 is 0 Å². The van der Waals surface area contributed by atoms with Crippen molar-refractivity contribution >= 4 is 23.8 Å². The van der Waals surface area contributed by atoms with Crippen molar-refractivity contribution in [3.05, 3.63) is 88.0 Å². The maximum absolute atomic E-state index is 14.0. The molecule has 1 aromatic carbocycles. The van der Waals surface area contributed by atoms with E-state index < -0.39 is 17.2 Å². The highest BCUT2D eigenvalue weighted by Crippen LogP contribution is 2.75. The molecule has 5 aliphatic rings. The lowest BCUT2D eigenvalue weighted by Gasteiger charge is -2.70. The summed E-state index contributed by atoms with van der Waals surface area (Å²) < 4.78 is 25.1. The molecule has 0 heterocycles. The molecule has 0 unspecified atom stereocenters. The summed E-state index contributed by atoms with van der Waals surface area (Å²) in [6.07, 6.45) is 20.4. The SMILES string of the molecule is C#CCOC(=O)[C@]1(C)CC[C@]2(C)CC[C@]3(C)C4=CC=C5C(=CC(=O)C(OC(=O)/C=C/c6ccccc6F)=C5C)[C@]4(C)CC[C@@]3(C)[C@@H]2C1. The molecule has 6 heteroatoms. The van der Waals surface area contributed by atoms with E-state index in [4.69, 9.17) is 15.9 Å². The largest absolute Gasteiger partial charge is 0.452 e. The number of fused-ring (bicyclic) bond motifs is 7. The standard InChI is InChI=1S/C41H45FO5/c1-8-23-46-36(45)38(4)18-17-37(3)19-21-40(6)32-15-14-28-26(2)35(47-34(44)16-13-27-11-9-10-12-30(27)42)31(43)24-29(28)39(32,5)20-22-41(40,7)33(37)25-38/h1,9-16,24,33H,17-23,25H2,2-7H3/b16-13+/t33-,37-,38-,39+,40-,41+/m1/s1. The Morgan fingerprint density at radius 2 is 1.74 bits per heavy atom. The zero-order valence-electron chi connectivity index (χ0n) is 28.4. The lowest BCUT2D eigenvalue weighted by molar-refractivity contribution is -0.181. The fourth-order valence-electron chi connectivity index (χ4n) is 9.95. The van der Waals surface area contributed by atoms with Crippen molar-refractivity contribution in [2.75, 3.05) is 6.61 Å². The van der Waals surface area contributed by atoms with Gasteiger partial charge in [0, 0.05) is 22.6 Å². The first-order valence-corrected chi connectivity index (χ1v) is 16.8. The van der Waals surface area contributed by atoms with E-state index in [1.807, 2.05) is 6.92 Å². The second-order valence-corrected chi connectivity index (χ2v) is 15.6. The Bertz CT molecular complexity index is 1770. The highest BCUT2D eigenvalue weighted by molar-refractivity contribution is 6.08. The van der Waals surface area contributed by atoms with Crippen LogP contribution in [0.4, 0.5) is 4.39 Å². The average molecular weight is 637 g/mol. The molecule has 0 N–H and O–H groups in total. The molecular weight excluding hydrogens is 591 g/mol. The second-order valence-electron chi connectivity index (χ2n) is 15.6. The van der Waals surface area contributed by atoms with Crippen LogP contribution in [0.5, 0.6) is 0 Å². The zero-order chi connectivity index (χ0) is 34.0. The number of rotatable bonds is 5. The number of hydrogen-bond donors (Lipinski definition) is 0. The first-order valence-electron chi connectivity index (χ1n) is 16.8. The van der Waals surface area contributed by atoms with Crippen LogP contribution in [0, 0.1) is 51.2 Å². The van der Waals surface area contributed by atoms with Crippen LogP contribution in [0.3, 0.4) is 0 Å².